The van der Waals surface area contributed by atoms with Gasteiger partial charge in [0.2, 0.25) is 0 Å². The van der Waals surface area contributed by atoms with Gasteiger partial charge in [-0.25, -0.2) is 9.80 Å². The van der Waals surface area contributed by atoms with E-state index in [0.29, 0.717) is 18.5 Å². The predicted molar refractivity (Wildman–Crippen MR) is 87.6 cm³/mol. The van der Waals surface area contributed by atoms with Gasteiger partial charge in [-0.3, -0.25) is 5.43 Å². The first-order valence-electron chi connectivity index (χ1n) is 8.50. The van der Waals surface area contributed by atoms with Gasteiger partial charge in [0.15, 0.2) is 0 Å². The van der Waals surface area contributed by atoms with Crippen molar-refractivity contribution in [3.05, 3.63) is 0 Å². The van der Waals surface area contributed by atoms with Crippen LogP contribution in [-0.4, -0.2) is 67.4 Å². The number of rotatable bonds is 4. The molecule has 2 atom stereocenters. The van der Waals surface area contributed by atoms with Crippen molar-refractivity contribution in [3.8, 4) is 0 Å². The maximum atomic E-state index is 11.8. The molecule has 1 amide bonds. The van der Waals surface area contributed by atoms with Crippen LogP contribution in [0.2, 0.25) is 0 Å². The number of amides is 1. The maximum Gasteiger partial charge on any atom is 0.407 e. The van der Waals surface area contributed by atoms with Crippen LogP contribution < -0.4 is 10.7 Å². The van der Waals surface area contributed by atoms with Gasteiger partial charge in [-0.05, 0) is 46.6 Å². The van der Waals surface area contributed by atoms with Crippen LogP contribution in [0.1, 0.15) is 40.0 Å². The fourth-order valence-electron chi connectivity index (χ4n) is 3.15. The van der Waals surface area contributed by atoms with Gasteiger partial charge in [0, 0.05) is 38.8 Å². The zero-order valence-corrected chi connectivity index (χ0v) is 14.5. The van der Waals surface area contributed by atoms with Gasteiger partial charge in [-0.2, -0.15) is 0 Å². The van der Waals surface area contributed by atoms with Crippen LogP contribution in [0.25, 0.3) is 0 Å². The van der Waals surface area contributed by atoms with Crippen LogP contribution in [0.15, 0.2) is 0 Å². The summed E-state index contributed by atoms with van der Waals surface area (Å²) >= 11 is 0. The Balaban J connectivity index is 1.72. The summed E-state index contributed by atoms with van der Waals surface area (Å²) in [5.74, 6) is 0.493. The van der Waals surface area contributed by atoms with Crippen molar-refractivity contribution in [1.29, 1.82) is 0 Å². The molecular formula is C16H32N4O2. The average Bonchev–Trinajstić information content (AvgIpc) is 2.84. The Morgan fingerprint density at radius 2 is 1.86 bits per heavy atom. The number of nitrogens with zero attached hydrogens (tertiary/aromatic N) is 2. The van der Waals surface area contributed by atoms with Crippen molar-refractivity contribution in [1.82, 2.24) is 20.7 Å². The van der Waals surface area contributed by atoms with Crippen LogP contribution in [0.3, 0.4) is 0 Å². The summed E-state index contributed by atoms with van der Waals surface area (Å²) in [6, 6.07) is 0.471. The number of hydrogen-bond donors (Lipinski definition) is 2. The molecule has 6 heteroatoms. The van der Waals surface area contributed by atoms with E-state index in [1.807, 2.05) is 20.8 Å². The minimum Gasteiger partial charge on any atom is -0.444 e. The lowest BCUT2D eigenvalue weighted by Gasteiger charge is -2.36. The highest BCUT2D eigenvalue weighted by molar-refractivity contribution is 5.67. The zero-order valence-electron chi connectivity index (χ0n) is 14.5. The van der Waals surface area contributed by atoms with Crippen LogP contribution in [0.4, 0.5) is 4.79 Å². The highest BCUT2D eigenvalue weighted by atomic mass is 16.6. The minimum atomic E-state index is -0.433. The molecule has 1 saturated carbocycles. The van der Waals surface area contributed by atoms with Gasteiger partial charge < -0.3 is 15.0 Å². The summed E-state index contributed by atoms with van der Waals surface area (Å²) in [7, 11) is 2.17. The normalized spacial score (nSPS) is 27.8. The summed E-state index contributed by atoms with van der Waals surface area (Å²) in [5, 5.41) is 5.27. The Morgan fingerprint density at radius 3 is 2.50 bits per heavy atom. The SMILES string of the molecule is CN1CCN(NC2CCCC2CNC(=O)OC(C)(C)C)CC1. The Bertz CT molecular complexity index is 362. The van der Waals surface area contributed by atoms with E-state index >= 15 is 0 Å². The maximum absolute atomic E-state index is 11.8. The first kappa shape index (κ1) is 17.5. The number of likely N-dealkylation sites (N-methyl/N-ethyl adjacent to an activating group) is 1. The van der Waals surface area contributed by atoms with E-state index in [2.05, 4.69) is 27.7 Å². The number of carbonyl (C=O) groups is 1. The van der Waals surface area contributed by atoms with Crippen molar-refractivity contribution in [2.75, 3.05) is 39.8 Å². The number of ether oxygens (including phenoxy) is 1. The third kappa shape index (κ3) is 5.74. The first-order chi connectivity index (χ1) is 10.3. The molecule has 1 heterocycles. The molecule has 0 aromatic carbocycles. The van der Waals surface area contributed by atoms with Crippen LogP contribution in [0, 0.1) is 5.92 Å². The molecule has 1 aliphatic carbocycles. The second kappa shape index (κ2) is 7.62. The van der Waals surface area contributed by atoms with E-state index < -0.39 is 5.60 Å². The Kier molecular flexibility index (Phi) is 6.06. The fraction of sp³-hybridized carbons (Fsp3) is 0.938. The molecule has 1 saturated heterocycles. The predicted octanol–water partition coefficient (Wildman–Crippen LogP) is 1.43. The fourth-order valence-corrected chi connectivity index (χ4v) is 3.15. The van der Waals surface area contributed by atoms with E-state index in [0.717, 1.165) is 26.2 Å². The number of piperazine rings is 1. The van der Waals surface area contributed by atoms with Crippen LogP contribution in [-0.2, 0) is 4.74 Å². The molecule has 2 N–H and O–H groups in total. The molecule has 128 valence electrons. The smallest absolute Gasteiger partial charge is 0.407 e. The van der Waals surface area contributed by atoms with Gasteiger partial charge in [-0.1, -0.05) is 6.42 Å². The Hall–Kier alpha value is -0.850. The van der Waals surface area contributed by atoms with Crippen molar-refractivity contribution < 1.29 is 9.53 Å². The molecule has 0 spiro atoms. The van der Waals surface area contributed by atoms with Crippen molar-refractivity contribution in [3.63, 3.8) is 0 Å². The molecule has 0 radical (unpaired) electrons. The molecule has 2 unspecified atom stereocenters. The monoisotopic (exact) mass is 312 g/mol. The minimum absolute atomic E-state index is 0.308. The number of alkyl carbamates (subject to hydrolysis) is 1. The Morgan fingerprint density at radius 1 is 1.18 bits per heavy atom. The zero-order chi connectivity index (χ0) is 16.2. The number of carbonyl (C=O) groups excluding carboxylic acids is 1. The van der Waals surface area contributed by atoms with Crippen molar-refractivity contribution in [2.45, 2.75) is 51.7 Å². The summed E-state index contributed by atoms with van der Waals surface area (Å²) in [4.78, 5) is 14.1. The molecule has 0 aromatic rings. The summed E-state index contributed by atoms with van der Waals surface area (Å²) in [6.45, 7) is 10.7. The molecular weight excluding hydrogens is 280 g/mol. The first-order valence-corrected chi connectivity index (χ1v) is 8.50. The lowest BCUT2D eigenvalue weighted by molar-refractivity contribution is 0.0501. The van der Waals surface area contributed by atoms with Gasteiger partial charge in [0.05, 0.1) is 0 Å². The number of hydrazine groups is 1. The summed E-state index contributed by atoms with van der Waals surface area (Å²) in [5.41, 5.74) is 3.24. The third-order valence-electron chi connectivity index (χ3n) is 4.42. The molecule has 1 aliphatic heterocycles. The molecule has 22 heavy (non-hydrogen) atoms. The standard InChI is InChI=1S/C16H32N4O2/c1-16(2,3)22-15(21)17-12-13-6-5-7-14(13)18-20-10-8-19(4)9-11-20/h13-14,18H,5-12H2,1-4H3,(H,17,21). The Labute approximate surface area is 134 Å². The van der Waals surface area contributed by atoms with Gasteiger partial charge in [0.25, 0.3) is 0 Å². The second-order valence-electron chi connectivity index (χ2n) is 7.60. The van der Waals surface area contributed by atoms with E-state index in [9.17, 15) is 4.79 Å². The number of nitrogens with one attached hydrogen (secondary N) is 2. The van der Waals surface area contributed by atoms with E-state index in [-0.39, 0.29) is 6.09 Å². The molecule has 6 nitrogen and oxygen atoms in total. The summed E-state index contributed by atoms with van der Waals surface area (Å²) in [6.07, 6.45) is 3.28. The van der Waals surface area contributed by atoms with E-state index in [4.69, 9.17) is 4.74 Å². The van der Waals surface area contributed by atoms with Gasteiger partial charge in [-0.15, -0.1) is 0 Å². The van der Waals surface area contributed by atoms with E-state index in [1.165, 1.54) is 19.3 Å². The highest BCUT2D eigenvalue weighted by Crippen LogP contribution is 2.25. The largest absolute Gasteiger partial charge is 0.444 e. The molecule has 2 rings (SSSR count). The lowest BCUT2D eigenvalue weighted by atomic mass is 10.0. The molecule has 0 aromatic heterocycles. The number of hydrogen-bond acceptors (Lipinski definition) is 5. The van der Waals surface area contributed by atoms with Crippen LogP contribution >= 0.6 is 0 Å². The quantitative estimate of drug-likeness (QED) is 0.822. The van der Waals surface area contributed by atoms with E-state index in [1.54, 1.807) is 0 Å². The third-order valence-corrected chi connectivity index (χ3v) is 4.42. The van der Waals surface area contributed by atoms with Gasteiger partial charge in [0.1, 0.15) is 5.60 Å². The molecule has 2 fully saturated rings. The van der Waals surface area contributed by atoms with Crippen molar-refractivity contribution >= 4 is 6.09 Å². The second-order valence-corrected chi connectivity index (χ2v) is 7.60. The highest BCUT2D eigenvalue weighted by Gasteiger charge is 2.30. The van der Waals surface area contributed by atoms with Crippen molar-refractivity contribution in [2.24, 2.45) is 5.92 Å². The molecule has 2 aliphatic rings. The topological polar surface area (TPSA) is 56.8 Å². The summed E-state index contributed by atoms with van der Waals surface area (Å²) < 4.78 is 5.31. The molecule has 0 bridgehead atoms. The lowest BCUT2D eigenvalue weighted by Crippen LogP contribution is -2.55. The average molecular weight is 312 g/mol. The van der Waals surface area contributed by atoms with Crippen LogP contribution in [0.5, 0.6) is 0 Å². The van der Waals surface area contributed by atoms with Gasteiger partial charge >= 0.3 is 6.09 Å².